The molecule has 0 N–H and O–H groups in total. The van der Waals surface area contributed by atoms with Crippen LogP contribution in [-0.2, 0) is 40.2 Å². The van der Waals surface area contributed by atoms with Crippen LogP contribution in [0.3, 0.4) is 0 Å². The number of fused-ring (bicyclic) bond motifs is 1. The van der Waals surface area contributed by atoms with Gasteiger partial charge in [0, 0.05) is 27.2 Å². The van der Waals surface area contributed by atoms with Gasteiger partial charge in [0.25, 0.3) is 0 Å². The number of aryl methyl sites for hydroxylation is 1. The van der Waals surface area contributed by atoms with E-state index in [1.54, 1.807) is 9.58 Å². The van der Waals surface area contributed by atoms with Gasteiger partial charge in [-0.3, -0.25) is 4.68 Å². The number of halogens is 1. The maximum atomic E-state index is 12.5. The average Bonchev–Trinajstić information content (AvgIpc) is 2.83. The number of rotatable bonds is 5. The van der Waals surface area contributed by atoms with Crippen molar-refractivity contribution in [3.05, 3.63) is 52.3 Å². The highest BCUT2D eigenvalue weighted by molar-refractivity contribution is 7.88. The third kappa shape index (κ3) is 4.65. The second-order valence-electron chi connectivity index (χ2n) is 6.78. The molecule has 0 fully saturated rings. The van der Waals surface area contributed by atoms with Crippen LogP contribution < -0.4 is 0 Å². The summed E-state index contributed by atoms with van der Waals surface area (Å²) in [6.45, 7) is 1.48. The maximum absolute atomic E-state index is 12.5. The normalized spacial score (nSPS) is 14.6. The van der Waals surface area contributed by atoms with Crippen LogP contribution in [0.15, 0.2) is 30.3 Å². The molecule has 8 nitrogen and oxygen atoms in total. The Hall–Kier alpha value is -2.10. The quantitative estimate of drug-likeness (QED) is 0.733. The zero-order valence-corrected chi connectivity index (χ0v) is 17.4. The molecule has 2 aromatic rings. The van der Waals surface area contributed by atoms with Crippen molar-refractivity contribution < 1.29 is 17.9 Å². The highest BCUT2D eigenvalue weighted by Gasteiger charge is 2.27. The summed E-state index contributed by atoms with van der Waals surface area (Å²) in [5.74, 6) is -0.280. The molecular formula is C18H23ClN4O4S. The highest BCUT2D eigenvalue weighted by atomic mass is 35.5. The number of hydrogen-bond acceptors (Lipinski definition) is 5. The molecule has 1 amide bonds. The van der Waals surface area contributed by atoms with Crippen LogP contribution in [0.25, 0.3) is 0 Å². The molecule has 0 radical (unpaired) electrons. The number of benzene rings is 1. The van der Waals surface area contributed by atoms with Gasteiger partial charge in [0.1, 0.15) is 12.4 Å². The Morgan fingerprint density at radius 3 is 2.64 bits per heavy atom. The van der Waals surface area contributed by atoms with Crippen molar-refractivity contribution in [2.45, 2.75) is 31.9 Å². The summed E-state index contributed by atoms with van der Waals surface area (Å²) in [5, 5.41) is 4.65. The van der Waals surface area contributed by atoms with Crippen molar-refractivity contribution in [2.75, 3.05) is 20.6 Å². The van der Waals surface area contributed by atoms with E-state index in [2.05, 4.69) is 5.10 Å². The average molecular weight is 427 g/mol. The Kier molecular flexibility index (Phi) is 6.26. The first-order chi connectivity index (χ1) is 13.3. The zero-order valence-electron chi connectivity index (χ0n) is 15.8. The Balaban J connectivity index is 1.72. The first kappa shape index (κ1) is 20.6. The Morgan fingerprint density at radius 1 is 1.25 bits per heavy atom. The molecule has 1 aliphatic heterocycles. The molecule has 0 spiro atoms. The van der Waals surface area contributed by atoms with Crippen molar-refractivity contribution >= 4 is 27.7 Å². The Bertz CT molecular complexity index is 944. The molecule has 0 saturated heterocycles. The van der Waals surface area contributed by atoms with Crippen LogP contribution >= 0.6 is 11.6 Å². The molecule has 28 heavy (non-hydrogen) atoms. The van der Waals surface area contributed by atoms with Gasteiger partial charge in [-0.1, -0.05) is 41.9 Å². The molecule has 10 heteroatoms. The fourth-order valence-electron chi connectivity index (χ4n) is 2.90. The molecule has 152 valence electrons. The second-order valence-corrected chi connectivity index (χ2v) is 9.35. The van der Waals surface area contributed by atoms with Gasteiger partial charge in [0.2, 0.25) is 10.0 Å². The molecule has 3 rings (SSSR count). The number of amides is 1. The van der Waals surface area contributed by atoms with Crippen LogP contribution in [0.5, 0.6) is 0 Å². The number of nitrogens with zero attached hydrogens (tertiary/aromatic N) is 4. The topological polar surface area (TPSA) is 84.7 Å². The third-order valence-electron chi connectivity index (χ3n) is 4.54. The molecule has 1 aliphatic rings. The molecule has 1 aromatic heterocycles. The Morgan fingerprint density at radius 2 is 1.96 bits per heavy atom. The van der Waals surface area contributed by atoms with Crippen molar-refractivity contribution in [1.82, 2.24) is 19.0 Å². The van der Waals surface area contributed by atoms with Gasteiger partial charge in [-0.15, -0.1) is 0 Å². The SMILES string of the molecule is CN(C)S(=O)(=O)Cc1nn2c(c1Cl)CN(C(=O)OCc1ccccc1)CCC2. The van der Waals surface area contributed by atoms with Gasteiger partial charge in [-0.2, -0.15) is 5.10 Å². The smallest absolute Gasteiger partial charge is 0.410 e. The van der Waals surface area contributed by atoms with Gasteiger partial charge >= 0.3 is 6.09 Å². The highest BCUT2D eigenvalue weighted by Crippen LogP contribution is 2.27. The predicted octanol–water partition coefficient (Wildman–Crippen LogP) is 2.47. The van der Waals surface area contributed by atoms with Crippen molar-refractivity contribution in [3.63, 3.8) is 0 Å². The zero-order chi connectivity index (χ0) is 20.3. The van der Waals surface area contributed by atoms with E-state index >= 15 is 0 Å². The molecule has 0 saturated carbocycles. The van der Waals surface area contributed by atoms with E-state index < -0.39 is 16.1 Å². The second kappa shape index (κ2) is 8.50. The lowest BCUT2D eigenvalue weighted by atomic mass is 10.2. The lowest BCUT2D eigenvalue weighted by Crippen LogP contribution is -2.31. The predicted molar refractivity (Wildman–Crippen MR) is 105 cm³/mol. The minimum atomic E-state index is -3.48. The van der Waals surface area contributed by atoms with Crippen LogP contribution in [0.4, 0.5) is 4.79 Å². The molecular weight excluding hydrogens is 404 g/mol. The molecule has 1 aromatic carbocycles. The summed E-state index contributed by atoms with van der Waals surface area (Å²) in [6.07, 6.45) is 0.239. The Labute approximate surface area is 169 Å². The molecule has 2 heterocycles. The maximum Gasteiger partial charge on any atom is 0.410 e. The number of ether oxygens (including phenoxy) is 1. The molecule has 0 unspecified atom stereocenters. The largest absolute Gasteiger partial charge is 0.445 e. The number of carbonyl (C=O) groups excluding carboxylic acids is 1. The van der Waals surface area contributed by atoms with Gasteiger partial charge < -0.3 is 9.64 Å². The van der Waals surface area contributed by atoms with Gasteiger partial charge in [-0.25, -0.2) is 17.5 Å². The molecule has 0 atom stereocenters. The number of sulfonamides is 1. The minimum Gasteiger partial charge on any atom is -0.445 e. The lowest BCUT2D eigenvalue weighted by Gasteiger charge is -2.19. The van der Waals surface area contributed by atoms with E-state index in [-0.39, 0.29) is 23.9 Å². The lowest BCUT2D eigenvalue weighted by molar-refractivity contribution is 0.0942. The van der Waals surface area contributed by atoms with E-state index in [9.17, 15) is 13.2 Å². The summed E-state index contributed by atoms with van der Waals surface area (Å²) in [6, 6.07) is 9.45. The fourth-order valence-corrected chi connectivity index (χ4v) is 4.04. The van der Waals surface area contributed by atoms with Crippen molar-refractivity contribution in [3.8, 4) is 0 Å². The van der Waals surface area contributed by atoms with Crippen LogP contribution in [0.2, 0.25) is 5.02 Å². The van der Waals surface area contributed by atoms with E-state index in [0.29, 0.717) is 30.9 Å². The van der Waals surface area contributed by atoms with E-state index in [1.165, 1.54) is 14.1 Å². The van der Waals surface area contributed by atoms with E-state index in [4.69, 9.17) is 16.3 Å². The molecule has 0 aliphatic carbocycles. The number of aromatic nitrogens is 2. The van der Waals surface area contributed by atoms with Crippen LogP contribution in [0.1, 0.15) is 23.4 Å². The van der Waals surface area contributed by atoms with E-state index in [0.717, 1.165) is 9.87 Å². The van der Waals surface area contributed by atoms with Crippen molar-refractivity contribution in [1.29, 1.82) is 0 Å². The first-order valence-electron chi connectivity index (χ1n) is 8.88. The van der Waals surface area contributed by atoms with Gasteiger partial charge in [0.05, 0.1) is 23.0 Å². The van der Waals surface area contributed by atoms with Crippen LogP contribution in [0, 0.1) is 0 Å². The van der Waals surface area contributed by atoms with E-state index in [1.807, 2.05) is 30.3 Å². The van der Waals surface area contributed by atoms with Gasteiger partial charge in [0.15, 0.2) is 0 Å². The molecule has 0 bridgehead atoms. The monoisotopic (exact) mass is 426 g/mol. The van der Waals surface area contributed by atoms with Crippen molar-refractivity contribution in [2.24, 2.45) is 0 Å². The summed E-state index contributed by atoms with van der Waals surface area (Å²) in [5.41, 5.74) is 1.83. The van der Waals surface area contributed by atoms with Crippen LogP contribution in [-0.4, -0.2) is 54.1 Å². The summed E-state index contributed by atoms with van der Waals surface area (Å²) < 4.78 is 32.6. The standard InChI is InChI=1S/C18H23ClN4O4S/c1-21(2)28(25,26)13-15-17(19)16-11-22(9-6-10-23(16)20-15)18(24)27-12-14-7-4-3-5-8-14/h3-5,7-8H,6,9-13H2,1-2H3. The minimum absolute atomic E-state index is 0.190. The summed E-state index contributed by atoms with van der Waals surface area (Å²) >= 11 is 6.42. The number of hydrogen-bond donors (Lipinski definition) is 0. The van der Waals surface area contributed by atoms with Gasteiger partial charge in [-0.05, 0) is 12.0 Å². The summed E-state index contributed by atoms with van der Waals surface area (Å²) in [7, 11) is -0.550. The number of carbonyl (C=O) groups is 1. The summed E-state index contributed by atoms with van der Waals surface area (Å²) in [4.78, 5) is 14.1. The fraction of sp³-hybridized carbons (Fsp3) is 0.444. The first-order valence-corrected chi connectivity index (χ1v) is 10.9. The third-order valence-corrected chi connectivity index (χ3v) is 6.72.